The van der Waals surface area contributed by atoms with Gasteiger partial charge in [0.15, 0.2) is 11.5 Å². The summed E-state index contributed by atoms with van der Waals surface area (Å²) in [5.41, 5.74) is 4.22. The quantitative estimate of drug-likeness (QED) is 0.262. The largest absolute Gasteiger partial charge is 0.497 e. The third-order valence-electron chi connectivity index (χ3n) is 4.75. The van der Waals surface area contributed by atoms with E-state index in [2.05, 4.69) is 15.8 Å². The molecule has 35 heavy (non-hydrogen) atoms. The first-order valence-electron chi connectivity index (χ1n) is 10.8. The van der Waals surface area contributed by atoms with Crippen LogP contribution in [0.2, 0.25) is 0 Å². The first-order valence-corrected chi connectivity index (χ1v) is 10.8. The highest BCUT2D eigenvalue weighted by Crippen LogP contribution is 2.30. The number of carbonyl (C=O) groups excluding carboxylic acids is 2. The molecule has 0 aromatic heterocycles. The Morgan fingerprint density at radius 3 is 2.37 bits per heavy atom. The first-order chi connectivity index (χ1) is 17.0. The molecule has 9 nitrogen and oxygen atoms in total. The lowest BCUT2D eigenvalue weighted by Crippen LogP contribution is -2.32. The van der Waals surface area contributed by atoms with E-state index in [1.165, 1.54) is 20.4 Å². The molecule has 0 saturated heterocycles. The number of carbonyl (C=O) groups is 2. The molecule has 0 radical (unpaired) electrons. The zero-order chi connectivity index (χ0) is 25.0. The standard InChI is InChI=1S/C26H27N3O6/c1-4-34-24-14-19(10-13-22(24)35-17-18-8-6-5-7-9-18)16-27-29-26(31)25(30)28-21-12-11-20(32-2)15-23(21)33-3/h5-16H,4,17H2,1-3H3,(H,28,30)(H,29,31). The van der Waals surface area contributed by atoms with E-state index in [1.54, 1.807) is 36.4 Å². The van der Waals surface area contributed by atoms with Crippen LogP contribution in [0.5, 0.6) is 23.0 Å². The van der Waals surface area contributed by atoms with E-state index in [1.807, 2.05) is 37.3 Å². The van der Waals surface area contributed by atoms with Crippen molar-refractivity contribution in [3.63, 3.8) is 0 Å². The van der Waals surface area contributed by atoms with Crippen molar-refractivity contribution < 1.29 is 28.5 Å². The van der Waals surface area contributed by atoms with Crippen LogP contribution in [0, 0.1) is 0 Å². The molecule has 0 fully saturated rings. The molecule has 3 aromatic rings. The Kier molecular flexibility index (Phi) is 9.07. The van der Waals surface area contributed by atoms with E-state index in [9.17, 15) is 9.59 Å². The molecule has 2 N–H and O–H groups in total. The SMILES string of the molecule is CCOc1cc(C=NNC(=O)C(=O)Nc2ccc(OC)cc2OC)ccc1OCc1ccccc1. The lowest BCUT2D eigenvalue weighted by molar-refractivity contribution is -0.136. The molecular weight excluding hydrogens is 450 g/mol. The average molecular weight is 478 g/mol. The molecule has 2 amide bonds. The number of ether oxygens (including phenoxy) is 4. The minimum Gasteiger partial charge on any atom is -0.497 e. The van der Waals surface area contributed by atoms with Gasteiger partial charge in [0, 0.05) is 6.07 Å². The van der Waals surface area contributed by atoms with Crippen molar-refractivity contribution >= 4 is 23.7 Å². The van der Waals surface area contributed by atoms with Crippen LogP contribution < -0.4 is 29.7 Å². The minimum atomic E-state index is -0.938. The van der Waals surface area contributed by atoms with Crippen molar-refractivity contribution in [1.82, 2.24) is 5.43 Å². The van der Waals surface area contributed by atoms with E-state index >= 15 is 0 Å². The van der Waals surface area contributed by atoms with Crippen LogP contribution in [-0.4, -0.2) is 38.9 Å². The van der Waals surface area contributed by atoms with Gasteiger partial charge >= 0.3 is 11.8 Å². The zero-order valence-corrected chi connectivity index (χ0v) is 19.7. The number of hydrogen-bond donors (Lipinski definition) is 2. The maximum atomic E-state index is 12.2. The molecule has 9 heteroatoms. The molecule has 3 aromatic carbocycles. The maximum absolute atomic E-state index is 12.2. The highest BCUT2D eigenvalue weighted by Gasteiger charge is 2.16. The third kappa shape index (κ3) is 7.23. The molecule has 0 aliphatic carbocycles. The van der Waals surface area contributed by atoms with Crippen LogP contribution in [0.3, 0.4) is 0 Å². The summed E-state index contributed by atoms with van der Waals surface area (Å²) in [4.78, 5) is 24.4. The summed E-state index contributed by atoms with van der Waals surface area (Å²) in [5.74, 6) is 0.203. The maximum Gasteiger partial charge on any atom is 0.329 e. The van der Waals surface area contributed by atoms with Crippen molar-refractivity contribution in [2.75, 3.05) is 26.1 Å². The summed E-state index contributed by atoms with van der Waals surface area (Å²) in [6, 6.07) is 19.9. The second-order valence-corrected chi connectivity index (χ2v) is 7.13. The normalized spacial score (nSPS) is 10.5. The third-order valence-corrected chi connectivity index (χ3v) is 4.75. The fourth-order valence-corrected chi connectivity index (χ4v) is 3.02. The van der Waals surface area contributed by atoms with Crippen LogP contribution >= 0.6 is 0 Å². The second kappa shape index (κ2) is 12.6. The van der Waals surface area contributed by atoms with Gasteiger partial charge in [-0.1, -0.05) is 30.3 Å². The zero-order valence-electron chi connectivity index (χ0n) is 19.7. The Bertz CT molecular complexity index is 1180. The van der Waals surface area contributed by atoms with Crippen LogP contribution in [0.4, 0.5) is 5.69 Å². The molecule has 0 aliphatic heterocycles. The van der Waals surface area contributed by atoms with E-state index in [4.69, 9.17) is 18.9 Å². The van der Waals surface area contributed by atoms with Crippen LogP contribution in [0.25, 0.3) is 0 Å². The summed E-state index contributed by atoms with van der Waals surface area (Å²) in [6.07, 6.45) is 1.41. The Hall–Kier alpha value is -4.53. The summed E-state index contributed by atoms with van der Waals surface area (Å²) in [6.45, 7) is 2.73. The Labute approximate surface area is 203 Å². The number of amides is 2. The topological polar surface area (TPSA) is 107 Å². The molecular formula is C26H27N3O6. The van der Waals surface area contributed by atoms with Gasteiger partial charge in [-0.15, -0.1) is 0 Å². The van der Waals surface area contributed by atoms with Gasteiger partial charge in [-0.2, -0.15) is 5.10 Å². The summed E-state index contributed by atoms with van der Waals surface area (Å²) >= 11 is 0. The molecule has 0 bridgehead atoms. The van der Waals surface area contributed by atoms with Crippen molar-refractivity contribution in [2.45, 2.75) is 13.5 Å². The average Bonchev–Trinajstić information content (AvgIpc) is 2.89. The summed E-state index contributed by atoms with van der Waals surface area (Å²) < 4.78 is 21.9. The van der Waals surface area contributed by atoms with Gasteiger partial charge in [0.2, 0.25) is 0 Å². The number of methoxy groups -OCH3 is 2. The molecule has 0 unspecified atom stereocenters. The summed E-state index contributed by atoms with van der Waals surface area (Å²) in [7, 11) is 2.96. The first kappa shape index (κ1) is 25.1. The monoisotopic (exact) mass is 477 g/mol. The molecule has 0 atom stereocenters. The molecule has 0 spiro atoms. The highest BCUT2D eigenvalue weighted by atomic mass is 16.5. The number of rotatable bonds is 10. The van der Waals surface area contributed by atoms with Crippen LogP contribution in [0.1, 0.15) is 18.1 Å². The van der Waals surface area contributed by atoms with Crippen molar-refractivity contribution in [3.8, 4) is 23.0 Å². The molecule has 3 rings (SSSR count). The van der Waals surface area contributed by atoms with E-state index in [0.29, 0.717) is 47.5 Å². The molecule has 0 heterocycles. The van der Waals surface area contributed by atoms with E-state index in [-0.39, 0.29) is 0 Å². The van der Waals surface area contributed by atoms with E-state index in [0.717, 1.165) is 5.56 Å². The Morgan fingerprint density at radius 2 is 1.66 bits per heavy atom. The number of hydrazone groups is 1. The van der Waals surface area contributed by atoms with Crippen molar-refractivity contribution in [1.29, 1.82) is 0 Å². The number of nitrogens with zero attached hydrogens (tertiary/aromatic N) is 1. The number of hydrogen-bond acceptors (Lipinski definition) is 7. The lowest BCUT2D eigenvalue weighted by Gasteiger charge is -2.12. The number of benzene rings is 3. The fourth-order valence-electron chi connectivity index (χ4n) is 3.02. The molecule has 0 saturated carbocycles. The van der Waals surface area contributed by atoms with Crippen LogP contribution in [-0.2, 0) is 16.2 Å². The van der Waals surface area contributed by atoms with Gasteiger partial charge in [-0.3, -0.25) is 9.59 Å². The van der Waals surface area contributed by atoms with Gasteiger partial charge in [0.25, 0.3) is 0 Å². The van der Waals surface area contributed by atoms with E-state index < -0.39 is 11.8 Å². The summed E-state index contributed by atoms with van der Waals surface area (Å²) in [5, 5.41) is 6.35. The van der Waals surface area contributed by atoms with Gasteiger partial charge in [-0.05, 0) is 48.4 Å². The lowest BCUT2D eigenvalue weighted by atomic mass is 10.2. The molecule has 182 valence electrons. The smallest absolute Gasteiger partial charge is 0.329 e. The second-order valence-electron chi connectivity index (χ2n) is 7.13. The predicted octanol–water partition coefficient (Wildman–Crippen LogP) is 3.77. The minimum absolute atomic E-state index is 0.324. The van der Waals surface area contributed by atoms with Gasteiger partial charge in [0.05, 0.1) is 32.7 Å². The number of anilines is 1. The Balaban J connectivity index is 1.60. The number of nitrogens with one attached hydrogen (secondary N) is 2. The van der Waals surface area contributed by atoms with Gasteiger partial charge < -0.3 is 24.3 Å². The van der Waals surface area contributed by atoms with Gasteiger partial charge in [0.1, 0.15) is 18.1 Å². The Morgan fingerprint density at radius 1 is 0.857 bits per heavy atom. The fraction of sp³-hybridized carbons (Fsp3) is 0.192. The molecule has 0 aliphatic rings. The van der Waals surface area contributed by atoms with Crippen molar-refractivity contribution in [2.24, 2.45) is 5.10 Å². The van der Waals surface area contributed by atoms with Crippen LogP contribution in [0.15, 0.2) is 71.8 Å². The van der Waals surface area contributed by atoms with Gasteiger partial charge in [-0.25, -0.2) is 5.43 Å². The van der Waals surface area contributed by atoms with Crippen molar-refractivity contribution in [3.05, 3.63) is 77.9 Å². The predicted molar refractivity (Wildman–Crippen MR) is 132 cm³/mol. The highest BCUT2D eigenvalue weighted by molar-refractivity contribution is 6.39.